The Balaban J connectivity index is 0.00000172. The average Bonchev–Trinajstić information content (AvgIpc) is 3.20. The summed E-state index contributed by atoms with van der Waals surface area (Å²) in [5.74, 6) is 4.23. The predicted molar refractivity (Wildman–Crippen MR) is 154 cm³/mol. The van der Waals surface area contributed by atoms with Crippen LogP contribution in [-0.4, -0.2) is 45.0 Å². The van der Waals surface area contributed by atoms with E-state index in [9.17, 15) is 0 Å². The van der Waals surface area contributed by atoms with Gasteiger partial charge in [-0.1, -0.05) is 68.0 Å². The lowest BCUT2D eigenvalue weighted by Gasteiger charge is -2.23. The van der Waals surface area contributed by atoms with E-state index in [1.165, 1.54) is 16.0 Å². The summed E-state index contributed by atoms with van der Waals surface area (Å²) in [5.41, 5.74) is 2.38. The first-order chi connectivity index (χ1) is 19.0. The number of rotatable bonds is 8. The van der Waals surface area contributed by atoms with E-state index in [4.69, 9.17) is 24.4 Å². The van der Waals surface area contributed by atoms with Crippen LogP contribution in [0.1, 0.15) is 49.9 Å². The fourth-order valence-electron chi connectivity index (χ4n) is 4.67. The third kappa shape index (κ3) is 6.82. The molecule has 0 radical (unpaired) electrons. The lowest BCUT2D eigenvalue weighted by molar-refractivity contribution is 0.201. The fourth-order valence-corrected chi connectivity index (χ4v) is 4.67. The first kappa shape index (κ1) is 27.8. The zero-order chi connectivity index (χ0) is 27.8. The Labute approximate surface area is 230 Å². The highest BCUT2D eigenvalue weighted by Crippen LogP contribution is 2.19. The summed E-state index contributed by atoms with van der Waals surface area (Å²) in [6, 6.07) is 10.5. The Morgan fingerprint density at radius 1 is 0.949 bits per heavy atom. The van der Waals surface area contributed by atoms with Crippen LogP contribution in [0.2, 0.25) is 0 Å². The second-order valence-electron chi connectivity index (χ2n) is 9.20. The van der Waals surface area contributed by atoms with Gasteiger partial charge in [-0.25, -0.2) is 15.0 Å². The Hall–Kier alpha value is -4.20. The third-order valence-corrected chi connectivity index (χ3v) is 6.50. The van der Waals surface area contributed by atoms with Crippen molar-refractivity contribution in [1.29, 1.82) is 0 Å². The first-order valence-corrected chi connectivity index (χ1v) is 13.5. The number of aromatic nitrogens is 5. The second kappa shape index (κ2) is 13.0. The van der Waals surface area contributed by atoms with Gasteiger partial charge in [0.05, 0.1) is 20.3 Å². The number of methoxy groups -OCH3 is 2. The number of nitrogens with one attached hydrogen (secondary N) is 1. The Bertz CT molecular complexity index is 1520. The molecule has 8 nitrogen and oxygen atoms in total. The molecule has 1 aliphatic heterocycles. The summed E-state index contributed by atoms with van der Waals surface area (Å²) in [6.07, 6.45) is 14.0. The van der Waals surface area contributed by atoms with Gasteiger partial charge in [0.25, 0.3) is 0 Å². The molecule has 3 aromatic rings. The van der Waals surface area contributed by atoms with Gasteiger partial charge in [-0.2, -0.15) is 4.68 Å². The number of hydrogen-bond donors (Lipinski definition) is 1. The number of dihydropyridines is 1. The van der Waals surface area contributed by atoms with Crippen LogP contribution in [0.4, 0.5) is 0 Å². The molecule has 204 valence electrons. The highest BCUT2D eigenvalue weighted by Gasteiger charge is 2.21. The Kier molecular flexibility index (Phi) is 9.31. The average molecular weight is 527 g/mol. The minimum Gasteiger partial charge on any atom is -0.491 e. The monoisotopic (exact) mass is 526 g/mol. The highest BCUT2D eigenvalue weighted by atomic mass is 16.5. The molecule has 1 atom stereocenters. The van der Waals surface area contributed by atoms with Gasteiger partial charge in [-0.3, -0.25) is 0 Å². The molecule has 0 bridgehead atoms. The zero-order valence-electron chi connectivity index (χ0n) is 23.7. The molecule has 0 saturated carbocycles. The molecule has 39 heavy (non-hydrogen) atoms. The minimum absolute atomic E-state index is 0.0163. The van der Waals surface area contributed by atoms with Crippen molar-refractivity contribution in [2.24, 2.45) is 0 Å². The van der Waals surface area contributed by atoms with Crippen LogP contribution in [0.25, 0.3) is 18.0 Å². The number of benzene rings is 1. The van der Waals surface area contributed by atoms with E-state index < -0.39 is 0 Å². The number of hydrogen-bond acceptors (Lipinski definition) is 7. The van der Waals surface area contributed by atoms with Crippen molar-refractivity contribution in [2.75, 3.05) is 14.2 Å². The highest BCUT2D eigenvalue weighted by molar-refractivity contribution is 5.47. The van der Waals surface area contributed by atoms with E-state index in [-0.39, 0.29) is 6.04 Å². The molecule has 1 N–H and O–H groups in total. The lowest BCUT2D eigenvalue weighted by atomic mass is 10.0. The summed E-state index contributed by atoms with van der Waals surface area (Å²) in [6.45, 7) is 7.82. The van der Waals surface area contributed by atoms with Gasteiger partial charge in [-0.05, 0) is 49.6 Å². The predicted octanol–water partition coefficient (Wildman–Crippen LogP) is 3.76. The fraction of sp³-hybridized carbons (Fsp3) is 0.355. The summed E-state index contributed by atoms with van der Waals surface area (Å²) in [5, 5.41) is 10.6. The molecule has 0 fully saturated rings. The summed E-state index contributed by atoms with van der Waals surface area (Å²) in [4.78, 5) is 14.1. The molecule has 3 heterocycles. The van der Waals surface area contributed by atoms with Gasteiger partial charge >= 0.3 is 0 Å². The van der Waals surface area contributed by atoms with E-state index in [0.717, 1.165) is 42.4 Å². The van der Waals surface area contributed by atoms with Crippen molar-refractivity contribution >= 4 is 12.2 Å². The molecule has 2 aromatic heterocycles. The van der Waals surface area contributed by atoms with Crippen molar-refractivity contribution in [3.05, 3.63) is 99.4 Å². The van der Waals surface area contributed by atoms with E-state index in [2.05, 4.69) is 52.9 Å². The standard InChI is InChI=1S/C29H32N6O2.C2H6/c1-19-30-24(14-11-21-9-12-22-7-5-6-8-23(22)13-10-21)17-27(31-19)35-28(32-20(2)34-35)18-25-15-16-26(36-3)29(33-25)37-4;1-2/h5-9,12-13,15-17,25,33H,10-11,14,18H2,1-4H3;1-2H3. The first-order valence-electron chi connectivity index (χ1n) is 13.5. The number of aryl methyl sites for hydroxylation is 3. The zero-order valence-corrected chi connectivity index (χ0v) is 23.7. The maximum atomic E-state index is 5.44. The van der Waals surface area contributed by atoms with Crippen molar-refractivity contribution < 1.29 is 9.47 Å². The number of fused-ring (bicyclic) bond motifs is 1. The van der Waals surface area contributed by atoms with Crippen molar-refractivity contribution in [1.82, 2.24) is 30.0 Å². The van der Waals surface area contributed by atoms with E-state index in [1.54, 1.807) is 14.2 Å². The smallest absolute Gasteiger partial charge is 0.230 e. The molecule has 0 saturated heterocycles. The van der Waals surface area contributed by atoms with Gasteiger partial charge in [0.15, 0.2) is 11.6 Å². The van der Waals surface area contributed by atoms with Gasteiger partial charge in [0.1, 0.15) is 17.5 Å². The Morgan fingerprint density at radius 2 is 1.74 bits per heavy atom. The van der Waals surface area contributed by atoms with Crippen LogP contribution in [0, 0.1) is 13.8 Å². The van der Waals surface area contributed by atoms with E-state index in [0.29, 0.717) is 23.9 Å². The van der Waals surface area contributed by atoms with Crippen molar-refractivity contribution in [3.63, 3.8) is 0 Å². The van der Waals surface area contributed by atoms with Gasteiger partial charge in [0, 0.05) is 18.2 Å². The largest absolute Gasteiger partial charge is 0.491 e. The van der Waals surface area contributed by atoms with E-state index in [1.807, 2.05) is 50.6 Å². The summed E-state index contributed by atoms with van der Waals surface area (Å²) in [7, 11) is 3.24. The Morgan fingerprint density at radius 3 is 2.51 bits per heavy atom. The molecule has 0 amide bonds. The van der Waals surface area contributed by atoms with Crippen molar-refractivity contribution in [3.8, 4) is 5.82 Å². The maximum absolute atomic E-state index is 5.44. The maximum Gasteiger partial charge on any atom is 0.230 e. The van der Waals surface area contributed by atoms with Crippen LogP contribution in [0.5, 0.6) is 0 Å². The topological polar surface area (TPSA) is 87.0 Å². The second-order valence-corrected chi connectivity index (χ2v) is 9.20. The van der Waals surface area contributed by atoms with Crippen LogP contribution in [0.15, 0.2) is 65.8 Å². The molecule has 1 aliphatic carbocycles. The van der Waals surface area contributed by atoms with Crippen LogP contribution in [0.3, 0.4) is 0 Å². The van der Waals surface area contributed by atoms with Crippen molar-refractivity contribution in [2.45, 2.75) is 59.4 Å². The molecular weight excluding hydrogens is 488 g/mol. The van der Waals surface area contributed by atoms with Crippen LogP contribution < -0.4 is 15.8 Å². The minimum atomic E-state index is -0.0163. The van der Waals surface area contributed by atoms with Gasteiger partial charge in [0.2, 0.25) is 5.88 Å². The van der Waals surface area contributed by atoms with Crippen LogP contribution in [-0.2, 0) is 22.3 Å². The van der Waals surface area contributed by atoms with Gasteiger partial charge in [-0.15, -0.1) is 5.10 Å². The van der Waals surface area contributed by atoms with Crippen LogP contribution >= 0.6 is 0 Å². The van der Waals surface area contributed by atoms with Gasteiger partial charge < -0.3 is 14.8 Å². The molecule has 5 rings (SSSR count). The molecular formula is C31H38N6O2. The molecule has 1 aromatic carbocycles. The SMILES string of the molecule is CC.COC1=C(OC)NC(Cc2nc(C)nn2-c2cc(CCC3=CC=c4ccccc4=CC3)nc(C)n2)C=C1. The summed E-state index contributed by atoms with van der Waals surface area (Å²) >= 11 is 0. The molecule has 0 spiro atoms. The number of ether oxygens (including phenoxy) is 2. The number of nitrogens with zero attached hydrogens (tertiary/aromatic N) is 5. The van der Waals surface area contributed by atoms with E-state index >= 15 is 0 Å². The molecule has 2 aliphatic rings. The lowest BCUT2D eigenvalue weighted by Crippen LogP contribution is -2.33. The summed E-state index contributed by atoms with van der Waals surface area (Å²) < 4.78 is 12.6. The third-order valence-electron chi connectivity index (χ3n) is 6.50. The number of allylic oxidation sites excluding steroid dienone is 3. The quantitative estimate of drug-likeness (QED) is 0.478. The normalized spacial score (nSPS) is 15.9. The molecule has 1 unspecified atom stereocenters. The molecule has 8 heteroatoms.